The Balaban J connectivity index is 3.85. The molecule has 0 rings (SSSR count). The zero-order valence-electron chi connectivity index (χ0n) is 7.49. The van der Waals surface area contributed by atoms with E-state index in [9.17, 15) is 8.42 Å². The van der Waals surface area contributed by atoms with Gasteiger partial charge in [-0.05, 0) is 12.8 Å². The van der Waals surface area contributed by atoms with E-state index in [4.69, 9.17) is 9.29 Å². The van der Waals surface area contributed by atoms with Gasteiger partial charge in [0.2, 0.25) is 0 Å². The number of ether oxygens (including phenoxy) is 1. The highest BCUT2D eigenvalue weighted by molar-refractivity contribution is 7.86. The van der Waals surface area contributed by atoms with Gasteiger partial charge in [0.1, 0.15) is 0 Å². The van der Waals surface area contributed by atoms with Gasteiger partial charge in [-0.3, -0.25) is 4.55 Å². The van der Waals surface area contributed by atoms with Crippen LogP contribution in [-0.4, -0.2) is 25.0 Å². The summed E-state index contributed by atoms with van der Waals surface area (Å²) >= 11 is 0. The van der Waals surface area contributed by atoms with Crippen LogP contribution in [0.25, 0.3) is 0 Å². The third kappa shape index (κ3) is 4.69. The molecule has 0 heterocycles. The molecule has 0 aromatic carbocycles. The third-order valence-corrected chi connectivity index (χ3v) is 2.60. The first-order valence-corrected chi connectivity index (χ1v) is 5.60. The topological polar surface area (TPSA) is 63.6 Å². The van der Waals surface area contributed by atoms with Gasteiger partial charge in [0.25, 0.3) is 10.1 Å². The summed E-state index contributed by atoms with van der Waals surface area (Å²) in [6.07, 6.45) is 2.04. The van der Waals surface area contributed by atoms with Crippen molar-refractivity contribution in [3.63, 3.8) is 0 Å². The van der Waals surface area contributed by atoms with Crippen LogP contribution in [0.2, 0.25) is 0 Å². The second-order valence-corrected chi connectivity index (χ2v) is 4.13. The Morgan fingerprint density at radius 2 is 2.00 bits per heavy atom. The molecule has 1 N–H and O–H groups in total. The molecule has 4 nitrogen and oxygen atoms in total. The zero-order chi connectivity index (χ0) is 9.61. The largest absolute Gasteiger partial charge is 0.360 e. The van der Waals surface area contributed by atoms with E-state index in [0.29, 0.717) is 6.61 Å². The first-order valence-electron chi connectivity index (χ1n) is 4.10. The summed E-state index contributed by atoms with van der Waals surface area (Å²) < 4.78 is 34.8. The zero-order valence-corrected chi connectivity index (χ0v) is 8.30. The molecule has 74 valence electrons. The van der Waals surface area contributed by atoms with Crippen LogP contribution in [0, 0.1) is 0 Å². The van der Waals surface area contributed by atoms with Crippen molar-refractivity contribution < 1.29 is 17.7 Å². The van der Waals surface area contributed by atoms with Crippen LogP contribution in [-0.2, 0) is 14.9 Å². The molecule has 1 unspecified atom stereocenters. The van der Waals surface area contributed by atoms with E-state index in [1.807, 2.05) is 6.92 Å². The first-order chi connectivity index (χ1) is 5.52. The predicted molar refractivity (Wildman–Crippen MR) is 46.5 cm³/mol. The smallest absolute Gasteiger partial charge is 0.292 e. The molecule has 0 aliphatic carbocycles. The molecule has 1 atom stereocenters. The quantitative estimate of drug-likeness (QED) is 0.515. The Hall–Kier alpha value is -0.130. The van der Waals surface area contributed by atoms with Crippen LogP contribution in [0.1, 0.15) is 33.1 Å². The van der Waals surface area contributed by atoms with Gasteiger partial charge in [-0.15, -0.1) is 0 Å². The summed E-state index contributed by atoms with van der Waals surface area (Å²) in [7, 11) is -4.02. The Morgan fingerprint density at radius 1 is 1.42 bits per heavy atom. The highest BCUT2D eigenvalue weighted by Crippen LogP contribution is 2.06. The first kappa shape index (κ1) is 11.9. The molecule has 0 saturated heterocycles. The van der Waals surface area contributed by atoms with Crippen LogP contribution >= 0.6 is 0 Å². The van der Waals surface area contributed by atoms with E-state index in [1.165, 1.54) is 0 Å². The lowest BCUT2D eigenvalue weighted by Crippen LogP contribution is -2.23. The Bertz CT molecular complexity index is 197. The molecule has 0 aliphatic rings. The van der Waals surface area contributed by atoms with Crippen LogP contribution in [0.15, 0.2) is 0 Å². The summed E-state index contributed by atoms with van der Waals surface area (Å²) in [6, 6.07) is 0. The van der Waals surface area contributed by atoms with Crippen LogP contribution < -0.4 is 0 Å². The molecule has 0 amide bonds. The van der Waals surface area contributed by atoms with Crippen molar-refractivity contribution >= 4 is 10.1 Å². The molecule has 0 aliphatic heterocycles. The summed E-state index contributed by atoms with van der Waals surface area (Å²) in [4.78, 5) is 0. The van der Waals surface area contributed by atoms with E-state index in [-0.39, 0.29) is 6.42 Å². The fourth-order valence-corrected chi connectivity index (χ4v) is 1.46. The minimum atomic E-state index is -4.02. The van der Waals surface area contributed by atoms with E-state index in [2.05, 4.69) is 0 Å². The fraction of sp³-hybridized carbons (Fsp3) is 1.00. The highest BCUT2D eigenvalue weighted by Gasteiger charge is 2.20. The molecule has 0 bridgehead atoms. The van der Waals surface area contributed by atoms with Crippen molar-refractivity contribution in [3.05, 3.63) is 0 Å². The molecule has 12 heavy (non-hydrogen) atoms. The van der Waals surface area contributed by atoms with Crippen LogP contribution in [0.3, 0.4) is 0 Å². The molecule has 0 saturated carbocycles. The molecule has 5 heteroatoms. The number of unbranched alkanes of at least 4 members (excludes halogenated alkanes) is 1. The highest BCUT2D eigenvalue weighted by atomic mass is 32.2. The molecule has 0 aromatic heterocycles. The molecular formula is C7H16O4S. The van der Waals surface area contributed by atoms with Gasteiger partial charge < -0.3 is 4.74 Å². The minimum Gasteiger partial charge on any atom is -0.360 e. The Labute approximate surface area is 73.7 Å². The monoisotopic (exact) mass is 196 g/mol. The van der Waals surface area contributed by atoms with Gasteiger partial charge >= 0.3 is 0 Å². The van der Waals surface area contributed by atoms with Gasteiger partial charge in [-0.1, -0.05) is 20.3 Å². The van der Waals surface area contributed by atoms with Gasteiger partial charge in [-0.25, -0.2) is 0 Å². The standard InChI is InChI=1S/C7H16O4S/c1-3-5-6-11-7(4-2)12(8,9)10/h7H,3-6H2,1-2H3,(H,8,9,10). The molecular weight excluding hydrogens is 180 g/mol. The molecule has 0 aromatic rings. The third-order valence-electron chi connectivity index (χ3n) is 1.47. The van der Waals surface area contributed by atoms with Crippen LogP contribution in [0.5, 0.6) is 0 Å². The van der Waals surface area contributed by atoms with Gasteiger partial charge in [0.05, 0.1) is 0 Å². The van der Waals surface area contributed by atoms with Gasteiger partial charge in [0.15, 0.2) is 5.44 Å². The molecule has 0 fully saturated rings. The number of rotatable bonds is 6. The average molecular weight is 196 g/mol. The van der Waals surface area contributed by atoms with E-state index < -0.39 is 15.6 Å². The summed E-state index contributed by atoms with van der Waals surface area (Å²) in [5.74, 6) is 0. The SMILES string of the molecule is CCCCOC(CC)S(=O)(=O)O. The van der Waals surface area contributed by atoms with Crippen molar-refractivity contribution in [2.75, 3.05) is 6.61 Å². The second-order valence-electron chi connectivity index (χ2n) is 2.58. The van der Waals surface area contributed by atoms with Crippen molar-refractivity contribution in [2.45, 2.75) is 38.5 Å². The lowest BCUT2D eigenvalue weighted by Gasteiger charge is -2.11. The van der Waals surface area contributed by atoms with Gasteiger partial charge in [-0.2, -0.15) is 8.42 Å². The van der Waals surface area contributed by atoms with Crippen molar-refractivity contribution in [1.29, 1.82) is 0 Å². The number of hydrogen-bond acceptors (Lipinski definition) is 3. The Kier molecular flexibility index (Phi) is 5.44. The lowest BCUT2D eigenvalue weighted by atomic mass is 10.4. The van der Waals surface area contributed by atoms with E-state index >= 15 is 0 Å². The normalized spacial score (nSPS) is 14.6. The van der Waals surface area contributed by atoms with Crippen molar-refractivity contribution in [1.82, 2.24) is 0 Å². The van der Waals surface area contributed by atoms with Crippen LogP contribution in [0.4, 0.5) is 0 Å². The summed E-state index contributed by atoms with van der Waals surface area (Å²) in [5.41, 5.74) is -1.05. The lowest BCUT2D eigenvalue weighted by molar-refractivity contribution is 0.0941. The summed E-state index contributed by atoms with van der Waals surface area (Å²) in [5, 5.41) is 0. The molecule has 0 spiro atoms. The van der Waals surface area contributed by atoms with E-state index in [0.717, 1.165) is 12.8 Å². The maximum atomic E-state index is 10.6. The number of hydrogen-bond donors (Lipinski definition) is 1. The summed E-state index contributed by atoms with van der Waals surface area (Å²) in [6.45, 7) is 4.02. The maximum absolute atomic E-state index is 10.6. The minimum absolute atomic E-state index is 0.280. The maximum Gasteiger partial charge on any atom is 0.292 e. The molecule has 0 radical (unpaired) electrons. The van der Waals surface area contributed by atoms with Gasteiger partial charge in [0, 0.05) is 6.61 Å². The fourth-order valence-electron chi connectivity index (χ4n) is 0.774. The second kappa shape index (κ2) is 5.50. The average Bonchev–Trinajstić information content (AvgIpc) is 1.95. The van der Waals surface area contributed by atoms with Crippen molar-refractivity contribution in [2.24, 2.45) is 0 Å². The Morgan fingerprint density at radius 3 is 2.33 bits per heavy atom. The predicted octanol–water partition coefficient (Wildman–Crippen LogP) is 1.43. The van der Waals surface area contributed by atoms with Crippen molar-refractivity contribution in [3.8, 4) is 0 Å². The van der Waals surface area contributed by atoms with E-state index in [1.54, 1.807) is 6.92 Å².